The van der Waals surface area contributed by atoms with Crippen LogP contribution >= 0.6 is 0 Å². The highest BCUT2D eigenvalue weighted by atomic mass is 19.4. The summed E-state index contributed by atoms with van der Waals surface area (Å²) in [7, 11) is 0. The highest BCUT2D eigenvalue weighted by Gasteiger charge is 2.53. The first-order valence-electron chi connectivity index (χ1n) is 4.93. The molecule has 0 aliphatic rings. The maximum atomic E-state index is 12.6. The van der Waals surface area contributed by atoms with Gasteiger partial charge >= 0.3 is 6.18 Å². The molecule has 0 aliphatic carbocycles. The van der Waals surface area contributed by atoms with Crippen LogP contribution in [0.2, 0.25) is 0 Å². The number of hydrogen-bond donors (Lipinski definition) is 2. The van der Waals surface area contributed by atoms with Crippen LogP contribution in [0, 0.1) is 0 Å². The first kappa shape index (κ1) is 13.0. The zero-order chi connectivity index (χ0) is 12.4. The number of benzene rings is 1. The van der Waals surface area contributed by atoms with Gasteiger partial charge in [-0.2, -0.15) is 13.2 Å². The van der Waals surface area contributed by atoms with Crippen molar-refractivity contribution in [2.75, 3.05) is 6.54 Å². The zero-order valence-electron chi connectivity index (χ0n) is 8.88. The number of hydrogen-bond acceptors (Lipinski definition) is 2. The highest BCUT2D eigenvalue weighted by Crippen LogP contribution is 2.38. The van der Waals surface area contributed by atoms with Gasteiger partial charge in [-0.1, -0.05) is 31.2 Å². The summed E-state index contributed by atoms with van der Waals surface area (Å²) in [5.74, 6) is 0. The molecule has 1 atom stereocenters. The maximum Gasteiger partial charge on any atom is 0.422 e. The third-order valence-corrected chi connectivity index (χ3v) is 2.60. The van der Waals surface area contributed by atoms with E-state index in [0.29, 0.717) is 0 Å². The van der Waals surface area contributed by atoms with Gasteiger partial charge in [0.15, 0.2) is 5.60 Å². The molecule has 0 saturated heterocycles. The van der Waals surface area contributed by atoms with Crippen LogP contribution < -0.4 is 5.73 Å². The van der Waals surface area contributed by atoms with E-state index in [0.717, 1.165) is 12.0 Å². The van der Waals surface area contributed by atoms with Gasteiger partial charge < -0.3 is 10.8 Å². The molecule has 0 saturated carbocycles. The second-order valence-corrected chi connectivity index (χ2v) is 3.61. The molecule has 1 aromatic rings. The van der Waals surface area contributed by atoms with Crippen LogP contribution in [0.5, 0.6) is 0 Å². The van der Waals surface area contributed by atoms with Crippen LogP contribution in [-0.4, -0.2) is 17.8 Å². The summed E-state index contributed by atoms with van der Waals surface area (Å²) in [6, 6.07) is 5.64. The van der Waals surface area contributed by atoms with Crippen molar-refractivity contribution < 1.29 is 18.3 Å². The second-order valence-electron chi connectivity index (χ2n) is 3.61. The van der Waals surface area contributed by atoms with E-state index in [1.807, 2.05) is 6.92 Å². The first-order chi connectivity index (χ1) is 7.35. The summed E-state index contributed by atoms with van der Waals surface area (Å²) in [5, 5.41) is 9.54. The largest absolute Gasteiger partial charge is 0.422 e. The Kier molecular flexibility index (Phi) is 3.60. The number of nitrogens with two attached hydrogens (primary N) is 1. The van der Waals surface area contributed by atoms with E-state index >= 15 is 0 Å². The average Bonchev–Trinajstić information content (AvgIpc) is 2.26. The van der Waals surface area contributed by atoms with Gasteiger partial charge in [-0.05, 0) is 17.5 Å². The summed E-state index contributed by atoms with van der Waals surface area (Å²) >= 11 is 0. The van der Waals surface area contributed by atoms with Crippen LogP contribution in [0.3, 0.4) is 0 Å². The topological polar surface area (TPSA) is 46.2 Å². The molecule has 90 valence electrons. The molecule has 3 N–H and O–H groups in total. The standard InChI is InChI=1S/C11H14F3NO/c1-2-8-3-5-9(6-4-8)10(16,7-15)11(12,13)14/h3-6,16H,2,7,15H2,1H3. The van der Waals surface area contributed by atoms with E-state index in [-0.39, 0.29) is 5.56 Å². The third-order valence-electron chi connectivity index (χ3n) is 2.60. The van der Waals surface area contributed by atoms with E-state index in [1.54, 1.807) is 12.1 Å². The van der Waals surface area contributed by atoms with Gasteiger partial charge in [-0.3, -0.25) is 0 Å². The lowest BCUT2D eigenvalue weighted by atomic mass is 9.92. The third kappa shape index (κ3) is 2.20. The lowest BCUT2D eigenvalue weighted by Crippen LogP contribution is -2.48. The fraction of sp³-hybridized carbons (Fsp3) is 0.455. The molecule has 1 unspecified atom stereocenters. The van der Waals surface area contributed by atoms with Crippen molar-refractivity contribution in [2.45, 2.75) is 25.1 Å². The minimum Gasteiger partial charge on any atom is -0.375 e. The molecule has 0 fully saturated rings. The van der Waals surface area contributed by atoms with Crippen molar-refractivity contribution in [3.05, 3.63) is 35.4 Å². The molecular weight excluding hydrogens is 219 g/mol. The molecule has 0 bridgehead atoms. The predicted molar refractivity (Wildman–Crippen MR) is 54.8 cm³/mol. The molecule has 5 heteroatoms. The Morgan fingerprint density at radius 1 is 1.19 bits per heavy atom. The van der Waals surface area contributed by atoms with Crippen molar-refractivity contribution in [2.24, 2.45) is 5.73 Å². The van der Waals surface area contributed by atoms with E-state index in [2.05, 4.69) is 0 Å². The number of aryl methyl sites for hydroxylation is 1. The predicted octanol–water partition coefficient (Wildman–Crippen LogP) is 1.96. The monoisotopic (exact) mass is 233 g/mol. The Morgan fingerprint density at radius 2 is 1.69 bits per heavy atom. The molecule has 0 amide bonds. The van der Waals surface area contributed by atoms with Crippen molar-refractivity contribution in [1.82, 2.24) is 0 Å². The molecule has 0 spiro atoms. The number of aliphatic hydroxyl groups is 1. The molecule has 0 radical (unpaired) electrons. The van der Waals surface area contributed by atoms with Gasteiger partial charge in [0.25, 0.3) is 0 Å². The second kappa shape index (κ2) is 4.43. The molecule has 0 aliphatic heterocycles. The van der Waals surface area contributed by atoms with Crippen molar-refractivity contribution in [3.8, 4) is 0 Å². The Labute approximate surface area is 91.9 Å². The molecule has 2 nitrogen and oxygen atoms in total. The average molecular weight is 233 g/mol. The van der Waals surface area contributed by atoms with Crippen molar-refractivity contribution in [1.29, 1.82) is 0 Å². The summed E-state index contributed by atoms with van der Waals surface area (Å²) in [4.78, 5) is 0. The Morgan fingerprint density at radius 3 is 2.00 bits per heavy atom. The highest BCUT2D eigenvalue weighted by molar-refractivity contribution is 5.29. The van der Waals surface area contributed by atoms with Gasteiger partial charge in [0.2, 0.25) is 0 Å². The Balaban J connectivity index is 3.13. The van der Waals surface area contributed by atoms with E-state index in [1.165, 1.54) is 12.1 Å². The molecule has 0 heterocycles. The number of rotatable bonds is 3. The van der Waals surface area contributed by atoms with Gasteiger partial charge in [0.1, 0.15) is 0 Å². The summed E-state index contributed by atoms with van der Waals surface area (Å²) in [6.07, 6.45) is -4.04. The van der Waals surface area contributed by atoms with Crippen LogP contribution in [0.15, 0.2) is 24.3 Å². The van der Waals surface area contributed by atoms with Gasteiger partial charge in [0.05, 0.1) is 0 Å². The normalized spacial score (nSPS) is 15.9. The van der Waals surface area contributed by atoms with E-state index in [9.17, 15) is 18.3 Å². The van der Waals surface area contributed by atoms with Crippen LogP contribution in [-0.2, 0) is 12.0 Å². The molecular formula is C11H14F3NO. The van der Waals surface area contributed by atoms with E-state index in [4.69, 9.17) is 5.73 Å². The molecule has 1 rings (SSSR count). The van der Waals surface area contributed by atoms with Crippen LogP contribution in [0.25, 0.3) is 0 Å². The van der Waals surface area contributed by atoms with Gasteiger partial charge in [-0.15, -0.1) is 0 Å². The molecule has 1 aromatic carbocycles. The van der Waals surface area contributed by atoms with Gasteiger partial charge in [-0.25, -0.2) is 0 Å². The van der Waals surface area contributed by atoms with Crippen molar-refractivity contribution >= 4 is 0 Å². The number of halogens is 3. The maximum absolute atomic E-state index is 12.6. The lowest BCUT2D eigenvalue weighted by molar-refractivity contribution is -0.262. The minimum atomic E-state index is -4.77. The fourth-order valence-electron chi connectivity index (χ4n) is 1.41. The first-order valence-corrected chi connectivity index (χ1v) is 4.93. The zero-order valence-corrected chi connectivity index (χ0v) is 8.88. The van der Waals surface area contributed by atoms with Crippen molar-refractivity contribution in [3.63, 3.8) is 0 Å². The van der Waals surface area contributed by atoms with Crippen LogP contribution in [0.4, 0.5) is 13.2 Å². The lowest BCUT2D eigenvalue weighted by Gasteiger charge is -2.29. The van der Waals surface area contributed by atoms with Gasteiger partial charge in [0, 0.05) is 6.54 Å². The van der Waals surface area contributed by atoms with E-state index < -0.39 is 18.3 Å². The summed E-state index contributed by atoms with van der Waals surface area (Å²) in [6.45, 7) is 1.01. The summed E-state index contributed by atoms with van der Waals surface area (Å²) < 4.78 is 37.9. The Hall–Kier alpha value is -1.07. The quantitative estimate of drug-likeness (QED) is 0.838. The molecule has 16 heavy (non-hydrogen) atoms. The fourth-order valence-corrected chi connectivity index (χ4v) is 1.41. The Bertz CT molecular complexity index is 347. The summed E-state index contributed by atoms with van der Waals surface area (Å²) in [5.41, 5.74) is 2.75. The number of alkyl halides is 3. The smallest absolute Gasteiger partial charge is 0.375 e. The van der Waals surface area contributed by atoms with Crippen LogP contribution in [0.1, 0.15) is 18.1 Å². The molecule has 0 aromatic heterocycles. The minimum absolute atomic E-state index is 0.222. The SMILES string of the molecule is CCc1ccc(C(O)(CN)C(F)(F)F)cc1.